The Kier molecular flexibility index (Phi) is 6.60. The monoisotopic (exact) mass is 394 g/mol. The molecule has 2 rings (SSSR count). The summed E-state index contributed by atoms with van der Waals surface area (Å²) in [6.45, 7) is 8.95. The minimum Gasteiger partial charge on any atom is -0.443 e. The predicted molar refractivity (Wildman–Crippen MR) is 103 cm³/mol. The number of ether oxygens (including phenoxy) is 1. The fourth-order valence-corrected chi connectivity index (χ4v) is 2.59. The Labute approximate surface area is 163 Å². The largest absolute Gasteiger partial charge is 0.443 e. The van der Waals surface area contributed by atoms with Crippen LogP contribution in [0.1, 0.15) is 41.0 Å². The fourth-order valence-electron chi connectivity index (χ4n) is 2.59. The first-order valence-electron chi connectivity index (χ1n) is 9.14. The van der Waals surface area contributed by atoms with Gasteiger partial charge in [0.1, 0.15) is 17.5 Å². The Balaban J connectivity index is 1.99. The molecule has 0 bridgehead atoms. The molecule has 1 aromatic rings. The lowest BCUT2D eigenvalue weighted by molar-refractivity contribution is -0.119. The van der Waals surface area contributed by atoms with Gasteiger partial charge in [0.25, 0.3) is 0 Å². The van der Waals surface area contributed by atoms with E-state index in [9.17, 15) is 18.8 Å². The van der Waals surface area contributed by atoms with Gasteiger partial charge in [-0.05, 0) is 45.4 Å². The third kappa shape index (κ3) is 5.66. The highest BCUT2D eigenvalue weighted by Gasteiger charge is 2.34. The minimum atomic E-state index is -0.699. The van der Waals surface area contributed by atoms with Crippen molar-refractivity contribution in [3.05, 3.63) is 24.0 Å². The van der Waals surface area contributed by atoms with E-state index < -0.39 is 23.6 Å². The quantitative estimate of drug-likeness (QED) is 0.667. The van der Waals surface area contributed by atoms with Crippen molar-refractivity contribution in [2.24, 2.45) is 5.92 Å². The lowest BCUT2D eigenvalue weighted by Gasteiger charge is -2.21. The Bertz CT molecular complexity index is 761. The van der Waals surface area contributed by atoms with Crippen molar-refractivity contribution in [2.45, 2.75) is 52.7 Å². The van der Waals surface area contributed by atoms with Gasteiger partial charge in [-0.2, -0.15) is 0 Å². The molecule has 3 N–H and O–H groups in total. The molecule has 0 unspecified atom stereocenters. The number of hydrogen-bond donors (Lipinski definition) is 3. The maximum atomic E-state index is 14.5. The molecular weight excluding hydrogens is 367 g/mol. The highest BCUT2D eigenvalue weighted by atomic mass is 19.1. The summed E-state index contributed by atoms with van der Waals surface area (Å²) < 4.78 is 19.6. The van der Waals surface area contributed by atoms with Crippen molar-refractivity contribution in [1.29, 1.82) is 0 Å². The van der Waals surface area contributed by atoms with Crippen LogP contribution in [-0.2, 0) is 14.3 Å². The number of carbonyl (C=O) groups excluding carboxylic acids is 3. The topological polar surface area (TPSA) is 99.8 Å². The molecule has 0 saturated carbocycles. The first-order valence-corrected chi connectivity index (χ1v) is 9.14. The third-order valence-corrected chi connectivity index (χ3v) is 3.98. The van der Waals surface area contributed by atoms with Crippen LogP contribution in [0, 0.1) is 11.7 Å². The second kappa shape index (κ2) is 8.55. The van der Waals surface area contributed by atoms with Gasteiger partial charge in [-0.3, -0.25) is 15.0 Å². The van der Waals surface area contributed by atoms with Gasteiger partial charge in [-0.1, -0.05) is 13.8 Å². The minimum absolute atomic E-state index is 0.120. The van der Waals surface area contributed by atoms with Gasteiger partial charge in [0.2, 0.25) is 11.8 Å². The number of nitrogens with zero attached hydrogens (tertiary/aromatic N) is 1. The van der Waals surface area contributed by atoms with Crippen molar-refractivity contribution in [1.82, 2.24) is 10.9 Å². The molecule has 3 amide bonds. The summed E-state index contributed by atoms with van der Waals surface area (Å²) in [7, 11) is 0. The van der Waals surface area contributed by atoms with E-state index in [1.807, 2.05) is 0 Å². The molecule has 1 fully saturated rings. The molecule has 1 heterocycles. The zero-order valence-electron chi connectivity index (χ0n) is 16.8. The lowest BCUT2D eigenvalue weighted by atomic mass is 10.2. The Morgan fingerprint density at radius 3 is 2.54 bits per heavy atom. The standard InChI is InChI=1S/C19H27FN4O4/c1-11(2)16(25)21-12-6-7-15(13(20)10-12)24-9-8-14(17(24)26)22-23-18(27)28-19(3,4)5/h6-7,10-11,14,22H,8-9H2,1-5H3,(H,21,25)(H,23,27)/t14-/m0/s1. The molecule has 9 heteroatoms. The van der Waals surface area contributed by atoms with Crippen molar-refractivity contribution < 1.29 is 23.5 Å². The van der Waals surface area contributed by atoms with Gasteiger partial charge >= 0.3 is 6.09 Å². The van der Waals surface area contributed by atoms with Crippen LogP contribution in [0.3, 0.4) is 0 Å². The number of carbonyl (C=O) groups is 3. The maximum absolute atomic E-state index is 14.5. The summed E-state index contributed by atoms with van der Waals surface area (Å²) in [5.74, 6) is -1.43. The fraction of sp³-hybridized carbons (Fsp3) is 0.526. The normalized spacial score (nSPS) is 17.0. The van der Waals surface area contributed by atoms with E-state index in [0.29, 0.717) is 18.7 Å². The molecule has 0 spiro atoms. The van der Waals surface area contributed by atoms with Crippen molar-refractivity contribution in [2.75, 3.05) is 16.8 Å². The third-order valence-electron chi connectivity index (χ3n) is 3.98. The molecule has 154 valence electrons. The molecule has 1 aliphatic heterocycles. The summed E-state index contributed by atoms with van der Waals surface area (Å²) >= 11 is 0. The van der Waals surface area contributed by atoms with Crippen LogP contribution < -0.4 is 21.1 Å². The van der Waals surface area contributed by atoms with Gasteiger partial charge in [0.05, 0.1) is 5.69 Å². The van der Waals surface area contributed by atoms with E-state index in [1.54, 1.807) is 40.7 Å². The predicted octanol–water partition coefficient (Wildman–Crippen LogP) is 2.55. The number of amides is 3. The Morgan fingerprint density at radius 2 is 1.96 bits per heavy atom. The van der Waals surface area contributed by atoms with Gasteiger partial charge in [0.15, 0.2) is 0 Å². The summed E-state index contributed by atoms with van der Waals surface area (Å²) in [6, 6.07) is 3.49. The lowest BCUT2D eigenvalue weighted by Crippen LogP contribution is -2.49. The van der Waals surface area contributed by atoms with Crippen LogP contribution in [0.15, 0.2) is 18.2 Å². The van der Waals surface area contributed by atoms with Gasteiger partial charge in [-0.15, -0.1) is 0 Å². The van der Waals surface area contributed by atoms with E-state index in [0.717, 1.165) is 0 Å². The van der Waals surface area contributed by atoms with E-state index >= 15 is 0 Å². The average Bonchev–Trinajstić information content (AvgIpc) is 2.92. The Morgan fingerprint density at radius 1 is 1.29 bits per heavy atom. The summed E-state index contributed by atoms with van der Waals surface area (Å²) in [4.78, 5) is 37.3. The molecule has 28 heavy (non-hydrogen) atoms. The number of anilines is 2. The van der Waals surface area contributed by atoms with Crippen LogP contribution in [-0.4, -0.2) is 36.1 Å². The number of benzene rings is 1. The van der Waals surface area contributed by atoms with Crippen molar-refractivity contribution in [3.8, 4) is 0 Å². The average molecular weight is 394 g/mol. The van der Waals surface area contributed by atoms with Crippen molar-refractivity contribution >= 4 is 29.3 Å². The number of halogens is 1. The number of hydrogen-bond acceptors (Lipinski definition) is 5. The van der Waals surface area contributed by atoms with Gasteiger partial charge in [0, 0.05) is 18.2 Å². The van der Waals surface area contributed by atoms with Crippen LogP contribution >= 0.6 is 0 Å². The molecule has 8 nitrogen and oxygen atoms in total. The number of rotatable bonds is 5. The molecule has 1 aliphatic rings. The number of hydrazine groups is 1. The van der Waals surface area contributed by atoms with E-state index in [2.05, 4.69) is 16.2 Å². The molecule has 1 saturated heterocycles. The summed E-state index contributed by atoms with van der Waals surface area (Å²) in [5, 5.41) is 2.62. The smallest absolute Gasteiger partial charge is 0.422 e. The molecule has 0 radical (unpaired) electrons. The zero-order valence-corrected chi connectivity index (χ0v) is 16.8. The van der Waals surface area contributed by atoms with Crippen LogP contribution in [0.5, 0.6) is 0 Å². The SMILES string of the molecule is CC(C)C(=O)Nc1ccc(N2CC[C@H](NNC(=O)OC(C)(C)C)C2=O)c(F)c1. The van der Waals surface area contributed by atoms with Gasteiger partial charge < -0.3 is 15.0 Å². The van der Waals surface area contributed by atoms with Crippen LogP contribution in [0.25, 0.3) is 0 Å². The van der Waals surface area contributed by atoms with Gasteiger partial charge in [-0.25, -0.2) is 14.6 Å². The first-order chi connectivity index (χ1) is 13.0. The molecule has 1 atom stereocenters. The van der Waals surface area contributed by atoms with Crippen molar-refractivity contribution in [3.63, 3.8) is 0 Å². The zero-order chi connectivity index (χ0) is 21.1. The maximum Gasteiger partial charge on any atom is 0.422 e. The van der Waals surface area contributed by atoms with E-state index in [-0.39, 0.29) is 23.4 Å². The van der Waals surface area contributed by atoms with Crippen LogP contribution in [0.4, 0.5) is 20.6 Å². The second-order valence-corrected chi connectivity index (χ2v) is 7.91. The summed E-state index contributed by atoms with van der Waals surface area (Å²) in [6.07, 6.45) is -0.310. The number of nitrogens with one attached hydrogen (secondary N) is 3. The highest BCUT2D eigenvalue weighted by Crippen LogP contribution is 2.27. The summed E-state index contributed by atoms with van der Waals surface area (Å²) in [5.41, 5.74) is 4.75. The molecular formula is C19H27FN4O4. The van der Waals surface area contributed by atoms with E-state index in [1.165, 1.54) is 17.0 Å². The molecule has 0 aliphatic carbocycles. The first kappa shape index (κ1) is 21.6. The van der Waals surface area contributed by atoms with Crippen LogP contribution in [0.2, 0.25) is 0 Å². The van der Waals surface area contributed by atoms with E-state index in [4.69, 9.17) is 4.74 Å². The Hall–Kier alpha value is -2.68. The molecule has 1 aromatic carbocycles. The molecule has 0 aromatic heterocycles. The highest BCUT2D eigenvalue weighted by molar-refractivity contribution is 6.00. The second-order valence-electron chi connectivity index (χ2n) is 7.91.